The minimum absolute atomic E-state index is 0.292. The van der Waals surface area contributed by atoms with Gasteiger partial charge in [0.2, 0.25) is 5.91 Å². The van der Waals surface area contributed by atoms with Crippen molar-refractivity contribution in [2.45, 2.75) is 32.1 Å². The summed E-state index contributed by atoms with van der Waals surface area (Å²) < 4.78 is 0. The predicted octanol–water partition coefficient (Wildman–Crippen LogP) is 3.92. The zero-order valence-corrected chi connectivity index (χ0v) is 15.4. The van der Waals surface area contributed by atoms with E-state index in [-0.39, 0.29) is 0 Å². The summed E-state index contributed by atoms with van der Waals surface area (Å²) in [6.07, 6.45) is 5.66. The third-order valence-corrected chi connectivity index (χ3v) is 5.87. The highest BCUT2D eigenvalue weighted by Crippen LogP contribution is 2.27. The number of likely N-dealkylation sites (tertiary alicyclic amines) is 1. The Kier molecular flexibility index (Phi) is 5.24. The average molecular weight is 348 g/mol. The Bertz CT molecular complexity index is 735. The van der Waals surface area contributed by atoms with Gasteiger partial charge in [0.05, 0.1) is 6.54 Å². The molecule has 136 valence electrons. The molecule has 1 fully saturated rings. The van der Waals surface area contributed by atoms with Gasteiger partial charge in [-0.1, -0.05) is 48.5 Å². The van der Waals surface area contributed by atoms with Gasteiger partial charge in [0.1, 0.15) is 0 Å². The second-order valence-corrected chi connectivity index (χ2v) is 7.67. The van der Waals surface area contributed by atoms with Crippen LogP contribution in [0.1, 0.15) is 30.4 Å². The highest BCUT2D eigenvalue weighted by atomic mass is 16.2. The second-order valence-electron chi connectivity index (χ2n) is 7.67. The van der Waals surface area contributed by atoms with Gasteiger partial charge in [0.25, 0.3) is 0 Å². The van der Waals surface area contributed by atoms with Gasteiger partial charge in [-0.15, -0.1) is 0 Å². The summed E-state index contributed by atoms with van der Waals surface area (Å²) in [4.78, 5) is 17.2. The van der Waals surface area contributed by atoms with E-state index >= 15 is 0 Å². The van der Waals surface area contributed by atoms with Crippen LogP contribution in [0.2, 0.25) is 0 Å². The molecule has 0 saturated carbocycles. The molecule has 0 aromatic heterocycles. The fourth-order valence-electron chi connectivity index (χ4n) is 4.37. The first kappa shape index (κ1) is 17.1. The lowest BCUT2D eigenvalue weighted by molar-refractivity contribution is -0.131. The molecule has 0 atom stereocenters. The molecule has 1 amide bonds. The number of hydrogen-bond acceptors (Lipinski definition) is 2. The SMILES string of the molecule is O=C(CN1CCCc2ccccc21)N1CCC(Cc2ccccc2)CC1. The number of rotatable bonds is 4. The van der Waals surface area contributed by atoms with Crippen LogP contribution in [-0.2, 0) is 17.6 Å². The number of fused-ring (bicyclic) bond motifs is 1. The van der Waals surface area contributed by atoms with Crippen molar-refractivity contribution in [3.05, 3.63) is 65.7 Å². The monoisotopic (exact) mass is 348 g/mol. The minimum Gasteiger partial charge on any atom is -0.362 e. The number of para-hydroxylation sites is 1. The number of benzene rings is 2. The summed E-state index contributed by atoms with van der Waals surface area (Å²) in [5, 5.41) is 0. The molecule has 3 heteroatoms. The van der Waals surface area contributed by atoms with Crippen molar-refractivity contribution >= 4 is 11.6 Å². The fourth-order valence-corrected chi connectivity index (χ4v) is 4.37. The number of aryl methyl sites for hydroxylation is 1. The molecular weight excluding hydrogens is 320 g/mol. The van der Waals surface area contributed by atoms with E-state index in [9.17, 15) is 4.79 Å². The summed E-state index contributed by atoms with van der Waals surface area (Å²) in [6, 6.07) is 19.3. The largest absolute Gasteiger partial charge is 0.362 e. The van der Waals surface area contributed by atoms with Crippen LogP contribution in [0.3, 0.4) is 0 Å². The van der Waals surface area contributed by atoms with Crippen molar-refractivity contribution in [3.63, 3.8) is 0 Å². The van der Waals surface area contributed by atoms with Crippen LogP contribution < -0.4 is 4.90 Å². The van der Waals surface area contributed by atoms with Gasteiger partial charge in [-0.3, -0.25) is 4.79 Å². The fraction of sp³-hybridized carbons (Fsp3) is 0.435. The molecule has 0 unspecified atom stereocenters. The smallest absolute Gasteiger partial charge is 0.242 e. The van der Waals surface area contributed by atoms with Crippen molar-refractivity contribution in [1.29, 1.82) is 0 Å². The molecule has 2 aliphatic rings. The topological polar surface area (TPSA) is 23.6 Å². The molecule has 0 bridgehead atoms. The van der Waals surface area contributed by atoms with Crippen LogP contribution in [0.4, 0.5) is 5.69 Å². The molecule has 26 heavy (non-hydrogen) atoms. The van der Waals surface area contributed by atoms with E-state index in [4.69, 9.17) is 0 Å². The number of hydrogen-bond donors (Lipinski definition) is 0. The van der Waals surface area contributed by atoms with Crippen LogP contribution in [0, 0.1) is 5.92 Å². The summed E-state index contributed by atoms with van der Waals surface area (Å²) in [7, 11) is 0. The first-order chi connectivity index (χ1) is 12.8. The second kappa shape index (κ2) is 7.94. The standard InChI is InChI=1S/C23H28N2O/c26-23(18-25-14-6-10-21-9-4-5-11-22(21)25)24-15-12-20(13-16-24)17-19-7-2-1-3-8-19/h1-5,7-9,11,20H,6,10,12-18H2. The molecule has 2 aliphatic heterocycles. The molecule has 2 aromatic rings. The number of carbonyl (C=O) groups excluding carboxylic acids is 1. The maximum atomic E-state index is 12.8. The number of carbonyl (C=O) groups is 1. The molecule has 3 nitrogen and oxygen atoms in total. The highest BCUT2D eigenvalue weighted by Gasteiger charge is 2.25. The van der Waals surface area contributed by atoms with E-state index < -0.39 is 0 Å². The van der Waals surface area contributed by atoms with Crippen LogP contribution in [0.15, 0.2) is 54.6 Å². The van der Waals surface area contributed by atoms with Crippen molar-refractivity contribution in [2.75, 3.05) is 31.1 Å². The van der Waals surface area contributed by atoms with Gasteiger partial charge >= 0.3 is 0 Å². The lowest BCUT2D eigenvalue weighted by Crippen LogP contribution is -2.45. The van der Waals surface area contributed by atoms with Crippen LogP contribution in [0.25, 0.3) is 0 Å². The Labute approximate surface area is 156 Å². The van der Waals surface area contributed by atoms with Crippen LogP contribution in [-0.4, -0.2) is 37.0 Å². The Balaban J connectivity index is 1.30. The molecule has 1 saturated heterocycles. The van der Waals surface area contributed by atoms with Gasteiger partial charge in [-0.05, 0) is 55.2 Å². The summed E-state index contributed by atoms with van der Waals surface area (Å²) in [6.45, 7) is 3.34. The Morgan fingerprint density at radius 3 is 2.46 bits per heavy atom. The quantitative estimate of drug-likeness (QED) is 0.836. The van der Waals surface area contributed by atoms with E-state index in [1.807, 2.05) is 0 Å². The first-order valence-electron chi connectivity index (χ1n) is 9.94. The zero-order valence-electron chi connectivity index (χ0n) is 15.4. The number of nitrogens with zero attached hydrogens (tertiary/aromatic N) is 2. The van der Waals surface area contributed by atoms with E-state index in [0.29, 0.717) is 18.4 Å². The van der Waals surface area contributed by atoms with Crippen molar-refractivity contribution in [2.24, 2.45) is 5.92 Å². The average Bonchev–Trinajstić information content (AvgIpc) is 2.70. The lowest BCUT2D eigenvalue weighted by Gasteiger charge is -2.36. The van der Waals surface area contributed by atoms with E-state index in [1.165, 1.54) is 16.8 Å². The van der Waals surface area contributed by atoms with Crippen molar-refractivity contribution in [3.8, 4) is 0 Å². The molecule has 4 rings (SSSR count). The van der Waals surface area contributed by atoms with Crippen molar-refractivity contribution in [1.82, 2.24) is 4.90 Å². The molecule has 2 aromatic carbocycles. The maximum Gasteiger partial charge on any atom is 0.242 e. The third-order valence-electron chi connectivity index (χ3n) is 5.87. The molecule has 0 N–H and O–H groups in total. The van der Waals surface area contributed by atoms with Gasteiger partial charge in [-0.25, -0.2) is 0 Å². The van der Waals surface area contributed by atoms with Gasteiger partial charge in [0, 0.05) is 25.3 Å². The van der Waals surface area contributed by atoms with Gasteiger partial charge in [-0.2, -0.15) is 0 Å². The molecule has 2 heterocycles. The van der Waals surface area contributed by atoms with E-state index in [0.717, 1.165) is 51.7 Å². The highest BCUT2D eigenvalue weighted by molar-refractivity contribution is 5.82. The zero-order chi connectivity index (χ0) is 17.8. The molecular formula is C23H28N2O. The molecule has 0 radical (unpaired) electrons. The van der Waals surface area contributed by atoms with E-state index in [1.54, 1.807) is 0 Å². The molecule has 0 aliphatic carbocycles. The summed E-state index contributed by atoms with van der Waals surface area (Å²) in [5.74, 6) is 0.997. The number of piperidine rings is 1. The Morgan fingerprint density at radius 1 is 0.923 bits per heavy atom. The Hall–Kier alpha value is -2.29. The van der Waals surface area contributed by atoms with Crippen molar-refractivity contribution < 1.29 is 4.79 Å². The lowest BCUT2D eigenvalue weighted by atomic mass is 9.90. The number of anilines is 1. The van der Waals surface area contributed by atoms with Gasteiger partial charge < -0.3 is 9.80 Å². The minimum atomic E-state index is 0.292. The van der Waals surface area contributed by atoms with Gasteiger partial charge in [0.15, 0.2) is 0 Å². The normalized spacial score (nSPS) is 17.8. The van der Waals surface area contributed by atoms with Crippen LogP contribution in [0.5, 0.6) is 0 Å². The predicted molar refractivity (Wildman–Crippen MR) is 106 cm³/mol. The maximum absolute atomic E-state index is 12.8. The third kappa shape index (κ3) is 3.92. The molecule has 0 spiro atoms. The van der Waals surface area contributed by atoms with E-state index in [2.05, 4.69) is 64.4 Å². The number of amides is 1. The first-order valence-corrected chi connectivity index (χ1v) is 9.94. The Morgan fingerprint density at radius 2 is 1.65 bits per heavy atom. The van der Waals surface area contributed by atoms with Crippen LogP contribution >= 0.6 is 0 Å². The summed E-state index contributed by atoms with van der Waals surface area (Å²) >= 11 is 0. The summed E-state index contributed by atoms with van der Waals surface area (Å²) in [5.41, 5.74) is 4.06.